The molecule has 154 valence electrons. The van der Waals surface area contributed by atoms with Crippen molar-refractivity contribution in [3.05, 3.63) is 23.3 Å². The number of benzene rings is 1. The Bertz CT molecular complexity index is 572. The second-order valence-electron chi connectivity index (χ2n) is 9.91. The predicted molar refractivity (Wildman–Crippen MR) is 112 cm³/mol. The van der Waals surface area contributed by atoms with Crippen LogP contribution in [0.2, 0.25) is 0 Å². The number of ether oxygens (including phenoxy) is 2. The molecule has 1 fully saturated rings. The highest BCUT2D eigenvalue weighted by atomic mass is 16.5. The molecule has 0 bridgehead atoms. The standard InChI is InChI=1S/C23H39NO3/c1-22(2,3)19-12-18(26-7)13-20(23(4,5)6)21(19)27-15-17(25)14-24-16-10-8-9-11-16/h12-13,16-17,24-25H,8-11,14-15H2,1-7H3/t17-/m0/s1. The Morgan fingerprint density at radius 1 is 1.04 bits per heavy atom. The summed E-state index contributed by atoms with van der Waals surface area (Å²) in [6.45, 7) is 13.9. The smallest absolute Gasteiger partial charge is 0.127 e. The van der Waals surface area contributed by atoms with Crippen LogP contribution in [0.25, 0.3) is 0 Å². The van der Waals surface area contributed by atoms with E-state index >= 15 is 0 Å². The molecule has 1 aliphatic carbocycles. The molecular formula is C23H39NO3. The number of hydrogen-bond donors (Lipinski definition) is 2. The molecule has 0 unspecified atom stereocenters. The number of nitrogens with one attached hydrogen (secondary N) is 1. The van der Waals surface area contributed by atoms with Gasteiger partial charge in [-0.15, -0.1) is 0 Å². The minimum absolute atomic E-state index is 0.0864. The van der Waals surface area contributed by atoms with E-state index in [1.54, 1.807) is 7.11 Å². The van der Waals surface area contributed by atoms with Crippen LogP contribution >= 0.6 is 0 Å². The highest BCUT2D eigenvalue weighted by molar-refractivity contribution is 5.52. The molecule has 1 aromatic rings. The van der Waals surface area contributed by atoms with E-state index in [9.17, 15) is 5.11 Å². The quantitative estimate of drug-likeness (QED) is 0.731. The highest BCUT2D eigenvalue weighted by Gasteiger charge is 2.28. The van der Waals surface area contributed by atoms with Crippen molar-refractivity contribution in [2.75, 3.05) is 20.3 Å². The van der Waals surface area contributed by atoms with Crippen LogP contribution in [0.1, 0.15) is 78.4 Å². The predicted octanol–water partition coefficient (Wildman–Crippen LogP) is 4.56. The number of aliphatic hydroxyl groups is 1. The average molecular weight is 378 g/mol. The van der Waals surface area contributed by atoms with E-state index in [0.29, 0.717) is 12.6 Å². The van der Waals surface area contributed by atoms with Crippen molar-refractivity contribution >= 4 is 0 Å². The summed E-state index contributed by atoms with van der Waals surface area (Å²) < 4.78 is 11.8. The van der Waals surface area contributed by atoms with Crippen LogP contribution in [0.5, 0.6) is 11.5 Å². The lowest BCUT2D eigenvalue weighted by atomic mass is 9.79. The Kier molecular flexibility index (Phi) is 7.20. The molecule has 1 atom stereocenters. The van der Waals surface area contributed by atoms with E-state index in [1.807, 2.05) is 0 Å². The van der Waals surface area contributed by atoms with Crippen molar-refractivity contribution in [2.24, 2.45) is 0 Å². The lowest BCUT2D eigenvalue weighted by molar-refractivity contribution is 0.101. The molecule has 0 radical (unpaired) electrons. The molecule has 0 amide bonds. The molecule has 0 heterocycles. The van der Waals surface area contributed by atoms with Crippen LogP contribution in [0.15, 0.2) is 12.1 Å². The molecule has 4 nitrogen and oxygen atoms in total. The fourth-order valence-electron chi connectivity index (χ4n) is 3.66. The zero-order valence-corrected chi connectivity index (χ0v) is 18.3. The number of aliphatic hydroxyl groups excluding tert-OH is 1. The van der Waals surface area contributed by atoms with Crippen molar-refractivity contribution < 1.29 is 14.6 Å². The molecule has 0 aromatic heterocycles. The van der Waals surface area contributed by atoms with Gasteiger partial charge in [0.25, 0.3) is 0 Å². The average Bonchev–Trinajstić information content (AvgIpc) is 3.09. The summed E-state index contributed by atoms with van der Waals surface area (Å²) in [5.74, 6) is 1.73. The fourth-order valence-corrected chi connectivity index (χ4v) is 3.66. The highest BCUT2D eigenvalue weighted by Crippen LogP contribution is 2.42. The molecule has 2 N–H and O–H groups in total. The maximum Gasteiger partial charge on any atom is 0.127 e. The van der Waals surface area contributed by atoms with Crippen molar-refractivity contribution in [1.82, 2.24) is 5.32 Å². The summed E-state index contributed by atoms with van der Waals surface area (Å²) in [5.41, 5.74) is 2.05. The van der Waals surface area contributed by atoms with Gasteiger partial charge in [0.05, 0.1) is 7.11 Å². The van der Waals surface area contributed by atoms with Gasteiger partial charge < -0.3 is 19.9 Å². The summed E-state index contributed by atoms with van der Waals surface area (Å²) in [6.07, 6.45) is 4.50. The van der Waals surface area contributed by atoms with Crippen LogP contribution < -0.4 is 14.8 Å². The van der Waals surface area contributed by atoms with Crippen LogP contribution in [-0.2, 0) is 10.8 Å². The van der Waals surface area contributed by atoms with Gasteiger partial charge in [0.2, 0.25) is 0 Å². The summed E-state index contributed by atoms with van der Waals surface area (Å²) >= 11 is 0. The largest absolute Gasteiger partial charge is 0.497 e. The summed E-state index contributed by atoms with van der Waals surface area (Å²) in [4.78, 5) is 0. The van der Waals surface area contributed by atoms with Crippen molar-refractivity contribution in [3.63, 3.8) is 0 Å². The third-order valence-corrected chi connectivity index (χ3v) is 5.33. The maximum atomic E-state index is 10.4. The van der Waals surface area contributed by atoms with Gasteiger partial charge in [-0.25, -0.2) is 0 Å². The van der Waals surface area contributed by atoms with E-state index < -0.39 is 6.10 Å². The fraction of sp³-hybridized carbons (Fsp3) is 0.739. The molecule has 1 aromatic carbocycles. The lowest BCUT2D eigenvalue weighted by Crippen LogP contribution is -2.37. The van der Waals surface area contributed by atoms with Gasteiger partial charge in [0.1, 0.15) is 24.2 Å². The van der Waals surface area contributed by atoms with E-state index in [0.717, 1.165) is 22.6 Å². The van der Waals surface area contributed by atoms with E-state index in [4.69, 9.17) is 9.47 Å². The minimum atomic E-state index is -0.520. The van der Waals surface area contributed by atoms with Gasteiger partial charge in [-0.05, 0) is 35.8 Å². The lowest BCUT2D eigenvalue weighted by Gasteiger charge is -2.31. The van der Waals surface area contributed by atoms with Crippen molar-refractivity contribution in [1.29, 1.82) is 0 Å². The Balaban J connectivity index is 2.19. The summed E-state index contributed by atoms with van der Waals surface area (Å²) in [5, 5.41) is 13.9. The van der Waals surface area contributed by atoms with Gasteiger partial charge in [0.15, 0.2) is 0 Å². The number of methoxy groups -OCH3 is 1. The van der Waals surface area contributed by atoms with E-state index in [-0.39, 0.29) is 17.4 Å². The second-order valence-corrected chi connectivity index (χ2v) is 9.91. The first-order valence-corrected chi connectivity index (χ1v) is 10.3. The normalized spacial score (nSPS) is 17.2. The summed E-state index contributed by atoms with van der Waals surface area (Å²) in [6, 6.07) is 4.68. The van der Waals surface area contributed by atoms with Gasteiger partial charge in [-0.2, -0.15) is 0 Å². The Morgan fingerprint density at radius 3 is 2.00 bits per heavy atom. The number of rotatable bonds is 7. The van der Waals surface area contributed by atoms with E-state index in [2.05, 4.69) is 59.0 Å². The van der Waals surface area contributed by atoms with Crippen LogP contribution in [0.4, 0.5) is 0 Å². The van der Waals surface area contributed by atoms with Crippen LogP contribution in [-0.4, -0.2) is 37.5 Å². The second kappa shape index (κ2) is 8.83. The molecular weight excluding hydrogens is 338 g/mol. The van der Waals surface area contributed by atoms with Gasteiger partial charge in [-0.1, -0.05) is 54.4 Å². The van der Waals surface area contributed by atoms with E-state index in [1.165, 1.54) is 25.7 Å². The first-order chi connectivity index (χ1) is 12.5. The molecule has 4 heteroatoms. The SMILES string of the molecule is COc1cc(C(C)(C)C)c(OC[C@@H](O)CNC2CCCC2)c(C(C)(C)C)c1. The zero-order valence-electron chi connectivity index (χ0n) is 18.3. The third-order valence-electron chi connectivity index (χ3n) is 5.33. The minimum Gasteiger partial charge on any atom is -0.497 e. The van der Waals surface area contributed by atoms with Crippen molar-refractivity contribution in [2.45, 2.75) is 90.2 Å². The molecule has 0 saturated heterocycles. The van der Waals surface area contributed by atoms with Crippen LogP contribution in [0.3, 0.4) is 0 Å². The topological polar surface area (TPSA) is 50.7 Å². The molecule has 1 aliphatic rings. The Labute approximate surface area is 165 Å². The Hall–Kier alpha value is -1.26. The maximum absolute atomic E-state index is 10.4. The molecule has 27 heavy (non-hydrogen) atoms. The monoisotopic (exact) mass is 377 g/mol. The third kappa shape index (κ3) is 6.11. The molecule has 1 saturated carbocycles. The zero-order chi connectivity index (χ0) is 20.2. The molecule has 2 rings (SSSR count). The van der Waals surface area contributed by atoms with Gasteiger partial charge in [-0.3, -0.25) is 0 Å². The van der Waals surface area contributed by atoms with Crippen LogP contribution in [0, 0.1) is 0 Å². The first-order valence-electron chi connectivity index (χ1n) is 10.3. The van der Waals surface area contributed by atoms with Gasteiger partial charge >= 0.3 is 0 Å². The number of hydrogen-bond acceptors (Lipinski definition) is 4. The molecule has 0 spiro atoms. The first kappa shape index (κ1) is 22.0. The molecule has 0 aliphatic heterocycles. The van der Waals surface area contributed by atoms with Crippen molar-refractivity contribution in [3.8, 4) is 11.5 Å². The Morgan fingerprint density at radius 2 is 1.56 bits per heavy atom. The summed E-state index contributed by atoms with van der Waals surface area (Å²) in [7, 11) is 1.70. The van der Waals surface area contributed by atoms with Gasteiger partial charge in [0, 0.05) is 23.7 Å².